The number of imidazole rings is 1. The summed E-state index contributed by atoms with van der Waals surface area (Å²) >= 11 is 0. The van der Waals surface area contributed by atoms with Gasteiger partial charge in [0.05, 0.1) is 28.1 Å². The molecule has 1 aliphatic heterocycles. The minimum atomic E-state index is 0.953. The lowest BCUT2D eigenvalue weighted by atomic mass is 9.87. The zero-order chi connectivity index (χ0) is 31.6. The predicted octanol–water partition coefficient (Wildman–Crippen LogP) is 12.1. The standard InChI is InChI=1S/C45H29N3/c1-3-15-30(16-4-1)31-17-13-18-32(29-31)42-34-21-7-9-23-36(34)43(37-24-10-8-22-35(37)42)45-46-38-25-14-28-41-44(38)48(45)40-27-12-11-26-39(40)47(41)33-19-5-2-6-20-33/h1-29H. The number of benzene rings is 8. The van der Waals surface area contributed by atoms with Crippen LogP contribution in [0.4, 0.5) is 17.1 Å². The lowest BCUT2D eigenvalue weighted by Gasteiger charge is -2.33. The molecule has 0 unspecified atom stereocenters. The zero-order valence-corrected chi connectivity index (χ0v) is 26.1. The molecule has 0 amide bonds. The maximum absolute atomic E-state index is 5.47. The Labute approximate surface area is 278 Å². The number of rotatable bonds is 4. The van der Waals surface area contributed by atoms with Gasteiger partial charge in [0.25, 0.3) is 0 Å². The molecule has 0 spiro atoms. The van der Waals surface area contributed by atoms with E-state index < -0.39 is 0 Å². The second kappa shape index (κ2) is 10.5. The molecule has 0 aliphatic carbocycles. The fourth-order valence-electron chi connectivity index (χ4n) is 7.68. The normalized spacial score (nSPS) is 12.1. The third-order valence-corrected chi connectivity index (χ3v) is 9.69. The van der Waals surface area contributed by atoms with Crippen LogP contribution >= 0.6 is 0 Å². The minimum Gasteiger partial charge on any atom is -0.306 e. The number of aromatic nitrogens is 2. The van der Waals surface area contributed by atoms with Crippen LogP contribution in [0.15, 0.2) is 176 Å². The van der Waals surface area contributed by atoms with Gasteiger partial charge in [-0.15, -0.1) is 0 Å². The van der Waals surface area contributed by atoms with Crippen molar-refractivity contribution in [2.24, 2.45) is 0 Å². The molecule has 1 aliphatic rings. The Kier molecular flexibility index (Phi) is 5.87. The fraction of sp³-hybridized carbons (Fsp3) is 0. The van der Waals surface area contributed by atoms with Gasteiger partial charge in [0.2, 0.25) is 0 Å². The van der Waals surface area contributed by atoms with Crippen LogP contribution in [0.3, 0.4) is 0 Å². The lowest BCUT2D eigenvalue weighted by Crippen LogP contribution is -2.18. The Morgan fingerprint density at radius 1 is 0.375 bits per heavy atom. The summed E-state index contributed by atoms with van der Waals surface area (Å²) in [5.41, 5.74) is 12.6. The smallest absolute Gasteiger partial charge is 0.147 e. The first-order valence-electron chi connectivity index (χ1n) is 16.4. The summed E-state index contributed by atoms with van der Waals surface area (Å²) in [6, 6.07) is 63.1. The van der Waals surface area contributed by atoms with Crippen molar-refractivity contribution >= 4 is 49.6 Å². The molecule has 8 aromatic carbocycles. The quantitative estimate of drug-likeness (QED) is 0.185. The van der Waals surface area contributed by atoms with Gasteiger partial charge in [-0.25, -0.2) is 4.98 Å². The van der Waals surface area contributed by atoms with E-state index in [2.05, 4.69) is 185 Å². The minimum absolute atomic E-state index is 0.953. The van der Waals surface area contributed by atoms with Crippen molar-refractivity contribution in [2.75, 3.05) is 4.90 Å². The number of anilines is 3. The van der Waals surface area contributed by atoms with Gasteiger partial charge in [-0.3, -0.25) is 4.57 Å². The van der Waals surface area contributed by atoms with Crippen LogP contribution in [-0.2, 0) is 0 Å². The van der Waals surface area contributed by atoms with Crippen LogP contribution in [0, 0.1) is 0 Å². The Hall–Kier alpha value is -6.45. The van der Waals surface area contributed by atoms with Crippen molar-refractivity contribution < 1.29 is 0 Å². The van der Waals surface area contributed by atoms with Crippen molar-refractivity contribution in [3.63, 3.8) is 0 Å². The molecule has 0 N–H and O–H groups in total. The van der Waals surface area contributed by atoms with Crippen molar-refractivity contribution in [3.05, 3.63) is 176 Å². The highest BCUT2D eigenvalue weighted by atomic mass is 15.2. The van der Waals surface area contributed by atoms with Gasteiger partial charge in [0.1, 0.15) is 5.82 Å². The first-order chi connectivity index (χ1) is 23.8. The summed E-state index contributed by atoms with van der Waals surface area (Å²) in [7, 11) is 0. The van der Waals surface area contributed by atoms with E-state index in [0.29, 0.717) is 0 Å². The van der Waals surface area contributed by atoms with Gasteiger partial charge in [-0.05, 0) is 86.3 Å². The molecule has 10 rings (SSSR count). The van der Waals surface area contributed by atoms with Crippen molar-refractivity contribution in [1.29, 1.82) is 0 Å². The Morgan fingerprint density at radius 3 is 1.60 bits per heavy atom. The van der Waals surface area contributed by atoms with Crippen LogP contribution < -0.4 is 4.90 Å². The largest absolute Gasteiger partial charge is 0.306 e. The van der Waals surface area contributed by atoms with Crippen molar-refractivity contribution in [2.45, 2.75) is 0 Å². The molecule has 3 heteroatoms. The molecule has 0 saturated heterocycles. The summed E-state index contributed by atoms with van der Waals surface area (Å²) in [4.78, 5) is 7.84. The molecule has 2 heterocycles. The van der Waals surface area contributed by atoms with Gasteiger partial charge < -0.3 is 4.90 Å². The van der Waals surface area contributed by atoms with Gasteiger partial charge in [-0.1, -0.05) is 133 Å². The highest BCUT2D eigenvalue weighted by Crippen LogP contribution is 2.50. The SMILES string of the molecule is c1ccc(-c2cccc(-c3c4ccccc4c(-c4nc5cccc6c5n4-c4ccccc4N6c4ccccc4)c4ccccc34)c2)cc1. The average Bonchev–Trinajstić information content (AvgIpc) is 3.55. The van der Waals surface area contributed by atoms with E-state index >= 15 is 0 Å². The Bertz CT molecular complexity index is 2610. The average molecular weight is 612 g/mol. The number of nitrogens with zero attached hydrogens (tertiary/aromatic N) is 3. The number of hydrogen-bond donors (Lipinski definition) is 0. The van der Waals surface area contributed by atoms with E-state index in [1.165, 1.54) is 43.8 Å². The fourth-order valence-corrected chi connectivity index (χ4v) is 7.68. The maximum Gasteiger partial charge on any atom is 0.147 e. The second-order valence-electron chi connectivity index (χ2n) is 12.4. The third kappa shape index (κ3) is 3.91. The molecule has 48 heavy (non-hydrogen) atoms. The van der Waals surface area contributed by atoms with Gasteiger partial charge in [0, 0.05) is 11.3 Å². The van der Waals surface area contributed by atoms with Crippen molar-refractivity contribution in [3.8, 4) is 39.3 Å². The number of fused-ring (bicyclic) bond motifs is 4. The molecular weight excluding hydrogens is 583 g/mol. The zero-order valence-electron chi connectivity index (χ0n) is 26.1. The molecular formula is C45H29N3. The van der Waals surface area contributed by atoms with E-state index in [0.717, 1.165) is 45.2 Å². The molecule has 3 nitrogen and oxygen atoms in total. The Morgan fingerprint density at radius 2 is 0.896 bits per heavy atom. The van der Waals surface area contributed by atoms with Crippen LogP contribution in [0.5, 0.6) is 0 Å². The molecule has 0 bridgehead atoms. The van der Waals surface area contributed by atoms with Crippen LogP contribution in [0.2, 0.25) is 0 Å². The molecule has 0 fully saturated rings. The highest BCUT2D eigenvalue weighted by molar-refractivity contribution is 6.21. The van der Waals surface area contributed by atoms with Gasteiger partial charge in [0.15, 0.2) is 0 Å². The first-order valence-corrected chi connectivity index (χ1v) is 16.4. The third-order valence-electron chi connectivity index (χ3n) is 9.69. The van der Waals surface area contributed by atoms with Crippen LogP contribution in [0.1, 0.15) is 0 Å². The molecule has 224 valence electrons. The number of hydrogen-bond acceptors (Lipinski definition) is 2. The van der Waals surface area contributed by atoms with E-state index in [-0.39, 0.29) is 0 Å². The summed E-state index contributed by atoms with van der Waals surface area (Å²) in [5, 5.41) is 4.80. The topological polar surface area (TPSA) is 21.1 Å². The van der Waals surface area contributed by atoms with E-state index in [1.54, 1.807) is 0 Å². The Balaban J connectivity index is 1.30. The van der Waals surface area contributed by atoms with E-state index in [4.69, 9.17) is 4.98 Å². The van der Waals surface area contributed by atoms with Crippen LogP contribution in [-0.4, -0.2) is 9.55 Å². The van der Waals surface area contributed by atoms with Gasteiger partial charge >= 0.3 is 0 Å². The van der Waals surface area contributed by atoms with Crippen molar-refractivity contribution in [1.82, 2.24) is 9.55 Å². The van der Waals surface area contributed by atoms with Crippen LogP contribution in [0.25, 0.3) is 71.9 Å². The van der Waals surface area contributed by atoms with Gasteiger partial charge in [-0.2, -0.15) is 0 Å². The molecule has 0 radical (unpaired) electrons. The summed E-state index contributed by atoms with van der Waals surface area (Å²) in [6.45, 7) is 0. The molecule has 1 aromatic heterocycles. The van der Waals surface area contributed by atoms with E-state index in [9.17, 15) is 0 Å². The van der Waals surface area contributed by atoms with E-state index in [1.807, 2.05) is 0 Å². The maximum atomic E-state index is 5.47. The first kappa shape index (κ1) is 26.7. The molecule has 9 aromatic rings. The number of para-hydroxylation sites is 4. The lowest BCUT2D eigenvalue weighted by molar-refractivity contribution is 1.07. The molecule has 0 atom stereocenters. The second-order valence-corrected chi connectivity index (χ2v) is 12.4. The summed E-state index contributed by atoms with van der Waals surface area (Å²) < 4.78 is 2.39. The predicted molar refractivity (Wildman–Crippen MR) is 201 cm³/mol. The molecule has 0 saturated carbocycles. The highest BCUT2D eigenvalue weighted by Gasteiger charge is 2.30. The monoisotopic (exact) mass is 611 g/mol. The summed E-state index contributed by atoms with van der Waals surface area (Å²) in [6.07, 6.45) is 0. The summed E-state index contributed by atoms with van der Waals surface area (Å²) in [5.74, 6) is 0.953.